The first-order valence-electron chi connectivity index (χ1n) is 10.1. The molecule has 0 aromatic heterocycles. The Morgan fingerprint density at radius 1 is 1.26 bits per heavy atom. The number of carbonyl (C=O) groups is 2. The van der Waals surface area contributed by atoms with Crippen LogP contribution in [0.25, 0.3) is 0 Å². The van der Waals surface area contributed by atoms with Crippen LogP contribution in [0.5, 0.6) is 0 Å². The Morgan fingerprint density at radius 2 is 1.96 bits per heavy atom. The Morgan fingerprint density at radius 3 is 2.63 bits per heavy atom. The SMILES string of the molecule is C[C@]12CCC(=O)C=C1[C@@H](O)C[C@H]1[C@H]2[C@@H](O)C[C@@]2(C)[C@H]1CC[C@]2(O)C(=O)CO. The van der Waals surface area contributed by atoms with E-state index in [4.69, 9.17) is 0 Å². The van der Waals surface area contributed by atoms with E-state index in [9.17, 15) is 30.0 Å². The smallest absolute Gasteiger partial charge is 0.190 e. The fraction of sp³-hybridized carbons (Fsp3) is 0.810. The van der Waals surface area contributed by atoms with Crippen molar-refractivity contribution in [3.8, 4) is 0 Å². The Kier molecular flexibility index (Phi) is 4.25. The molecule has 150 valence electrons. The van der Waals surface area contributed by atoms with Crippen LogP contribution in [-0.4, -0.2) is 56.4 Å². The summed E-state index contributed by atoms with van der Waals surface area (Å²) in [4.78, 5) is 24.3. The van der Waals surface area contributed by atoms with Gasteiger partial charge in [0.2, 0.25) is 0 Å². The van der Waals surface area contributed by atoms with Gasteiger partial charge in [-0.05, 0) is 66.9 Å². The maximum absolute atomic E-state index is 12.4. The van der Waals surface area contributed by atoms with E-state index in [2.05, 4.69) is 0 Å². The standard InChI is InChI=1S/C21H30O6/c1-19-5-3-11(23)7-14(19)15(24)8-12-13-4-6-21(27,17(26)10-22)20(13,2)9-16(25)18(12)19/h7,12-13,15-16,18,22,24-25,27H,3-6,8-10H2,1-2H3/t12-,13+,15+,16+,18+,19+,20+,21+/m1/s1. The molecule has 0 aromatic rings. The Bertz CT molecular complexity index is 715. The Balaban J connectivity index is 1.77. The Hall–Kier alpha value is -1.08. The number of fused-ring (bicyclic) bond motifs is 5. The molecular formula is C21H30O6. The van der Waals surface area contributed by atoms with Crippen molar-refractivity contribution < 1.29 is 30.0 Å². The van der Waals surface area contributed by atoms with Gasteiger partial charge in [-0.2, -0.15) is 0 Å². The van der Waals surface area contributed by atoms with Crippen molar-refractivity contribution in [2.75, 3.05) is 6.61 Å². The average Bonchev–Trinajstić information content (AvgIpc) is 2.87. The molecule has 0 spiro atoms. The molecule has 0 radical (unpaired) electrons. The molecule has 3 fully saturated rings. The maximum atomic E-state index is 12.4. The molecule has 4 rings (SSSR count). The average molecular weight is 378 g/mol. The van der Waals surface area contributed by atoms with E-state index in [-0.39, 0.29) is 36.4 Å². The molecule has 0 amide bonds. The van der Waals surface area contributed by atoms with Gasteiger partial charge in [0.15, 0.2) is 11.6 Å². The zero-order chi connectivity index (χ0) is 19.8. The van der Waals surface area contributed by atoms with Crippen molar-refractivity contribution >= 4 is 11.6 Å². The van der Waals surface area contributed by atoms with Gasteiger partial charge in [0, 0.05) is 11.8 Å². The lowest BCUT2D eigenvalue weighted by Gasteiger charge is -2.61. The summed E-state index contributed by atoms with van der Waals surface area (Å²) in [7, 11) is 0. The van der Waals surface area contributed by atoms with E-state index in [0.717, 1.165) is 5.57 Å². The van der Waals surface area contributed by atoms with Crippen LogP contribution in [-0.2, 0) is 9.59 Å². The van der Waals surface area contributed by atoms with Gasteiger partial charge < -0.3 is 20.4 Å². The molecule has 0 bridgehead atoms. The quantitative estimate of drug-likeness (QED) is 0.564. The maximum Gasteiger partial charge on any atom is 0.190 e. The fourth-order valence-corrected chi connectivity index (χ4v) is 7.33. The number of aliphatic hydroxyl groups is 4. The molecule has 6 nitrogen and oxygen atoms in total. The van der Waals surface area contributed by atoms with Crippen molar-refractivity contribution in [1.29, 1.82) is 0 Å². The Labute approximate surface area is 159 Å². The van der Waals surface area contributed by atoms with Crippen molar-refractivity contribution in [2.45, 2.75) is 70.2 Å². The summed E-state index contributed by atoms with van der Waals surface area (Å²) in [6, 6.07) is 0. The van der Waals surface area contributed by atoms with E-state index in [1.807, 2.05) is 13.8 Å². The number of hydrogen-bond donors (Lipinski definition) is 4. The zero-order valence-electron chi connectivity index (χ0n) is 16.0. The highest BCUT2D eigenvalue weighted by Gasteiger charge is 2.68. The minimum atomic E-state index is -1.64. The van der Waals surface area contributed by atoms with Crippen LogP contribution >= 0.6 is 0 Å². The minimum absolute atomic E-state index is 0.0166. The van der Waals surface area contributed by atoms with Crippen LogP contribution in [0.1, 0.15) is 52.4 Å². The van der Waals surface area contributed by atoms with E-state index in [0.29, 0.717) is 25.7 Å². The summed E-state index contributed by atoms with van der Waals surface area (Å²) in [6.07, 6.45) is 2.75. The highest BCUT2D eigenvalue weighted by atomic mass is 16.3. The molecule has 8 atom stereocenters. The number of hydrogen-bond acceptors (Lipinski definition) is 6. The third-order valence-corrected chi connectivity index (χ3v) is 8.67. The molecule has 4 N–H and O–H groups in total. The zero-order valence-corrected chi connectivity index (χ0v) is 16.0. The second-order valence-corrected chi connectivity index (χ2v) is 9.70. The van der Waals surface area contributed by atoms with Crippen LogP contribution in [0.3, 0.4) is 0 Å². The molecule has 4 aliphatic carbocycles. The van der Waals surface area contributed by atoms with Gasteiger partial charge in [-0.25, -0.2) is 0 Å². The van der Waals surface area contributed by atoms with Crippen molar-refractivity contribution in [2.24, 2.45) is 28.6 Å². The first-order chi connectivity index (χ1) is 12.6. The fourth-order valence-electron chi connectivity index (χ4n) is 7.33. The normalized spacial score (nSPS) is 51.9. The molecule has 0 heterocycles. The monoisotopic (exact) mass is 378 g/mol. The van der Waals surface area contributed by atoms with Crippen molar-refractivity contribution in [1.82, 2.24) is 0 Å². The van der Waals surface area contributed by atoms with Gasteiger partial charge in [-0.3, -0.25) is 9.59 Å². The molecule has 4 aliphatic rings. The summed E-state index contributed by atoms with van der Waals surface area (Å²) in [5.74, 6) is -0.713. The predicted molar refractivity (Wildman–Crippen MR) is 96.5 cm³/mol. The molecule has 27 heavy (non-hydrogen) atoms. The number of aliphatic hydroxyl groups excluding tert-OH is 3. The van der Waals surface area contributed by atoms with Gasteiger partial charge in [-0.1, -0.05) is 13.8 Å². The predicted octanol–water partition coefficient (Wildman–Crippen LogP) is 0.752. The molecule has 0 unspecified atom stereocenters. The second-order valence-electron chi connectivity index (χ2n) is 9.70. The summed E-state index contributed by atoms with van der Waals surface area (Å²) < 4.78 is 0. The van der Waals surface area contributed by atoms with Crippen molar-refractivity contribution in [3.05, 3.63) is 11.6 Å². The van der Waals surface area contributed by atoms with Gasteiger partial charge in [0.05, 0.1) is 12.2 Å². The van der Waals surface area contributed by atoms with Crippen LogP contribution in [0.4, 0.5) is 0 Å². The second kappa shape index (κ2) is 5.96. The lowest BCUT2D eigenvalue weighted by atomic mass is 9.45. The van der Waals surface area contributed by atoms with E-state index in [1.165, 1.54) is 0 Å². The molecule has 3 saturated carbocycles. The summed E-state index contributed by atoms with van der Waals surface area (Å²) in [6.45, 7) is 3.18. The van der Waals surface area contributed by atoms with Crippen LogP contribution in [0, 0.1) is 28.6 Å². The molecule has 0 saturated heterocycles. The molecule has 0 aromatic carbocycles. The van der Waals surface area contributed by atoms with Gasteiger partial charge in [0.25, 0.3) is 0 Å². The number of ketones is 2. The first kappa shape index (κ1) is 19.2. The van der Waals surface area contributed by atoms with Crippen LogP contribution in [0.2, 0.25) is 0 Å². The number of carbonyl (C=O) groups excluding carboxylic acids is 2. The lowest BCUT2D eigenvalue weighted by molar-refractivity contribution is -0.187. The molecular weight excluding hydrogens is 348 g/mol. The van der Waals surface area contributed by atoms with E-state index < -0.39 is 41.0 Å². The summed E-state index contributed by atoms with van der Waals surface area (Å²) in [5.41, 5.74) is -2.17. The first-order valence-corrected chi connectivity index (χ1v) is 10.1. The molecule has 6 heteroatoms. The molecule has 0 aliphatic heterocycles. The van der Waals surface area contributed by atoms with Gasteiger partial charge >= 0.3 is 0 Å². The van der Waals surface area contributed by atoms with Crippen LogP contribution in [0.15, 0.2) is 11.6 Å². The van der Waals surface area contributed by atoms with E-state index in [1.54, 1.807) is 6.08 Å². The lowest BCUT2D eigenvalue weighted by Crippen LogP contribution is -2.63. The van der Waals surface area contributed by atoms with Gasteiger partial charge in [-0.15, -0.1) is 0 Å². The summed E-state index contributed by atoms with van der Waals surface area (Å²) in [5, 5.41) is 42.6. The number of rotatable bonds is 2. The highest BCUT2D eigenvalue weighted by Crippen LogP contribution is 2.67. The summed E-state index contributed by atoms with van der Waals surface area (Å²) >= 11 is 0. The van der Waals surface area contributed by atoms with E-state index >= 15 is 0 Å². The highest BCUT2D eigenvalue weighted by molar-refractivity contribution is 5.92. The van der Waals surface area contributed by atoms with Crippen LogP contribution < -0.4 is 0 Å². The minimum Gasteiger partial charge on any atom is -0.393 e. The third kappa shape index (κ3) is 2.33. The van der Waals surface area contributed by atoms with Gasteiger partial charge in [0.1, 0.15) is 12.2 Å². The topological polar surface area (TPSA) is 115 Å². The third-order valence-electron chi connectivity index (χ3n) is 8.67. The van der Waals surface area contributed by atoms with Crippen molar-refractivity contribution in [3.63, 3.8) is 0 Å². The largest absolute Gasteiger partial charge is 0.393 e. The number of Topliss-reactive ketones (excluding diaryl/α,β-unsaturated/α-hetero) is 1.